The second-order valence-corrected chi connectivity index (χ2v) is 3.88. The van der Waals surface area contributed by atoms with Gasteiger partial charge in [-0.15, -0.1) is 0 Å². The maximum atomic E-state index is 12.6. The van der Waals surface area contributed by atoms with Gasteiger partial charge in [0.1, 0.15) is 0 Å². The standard InChI is InChI=1S/C8H10F2N2O/c1-7(3-8(9,10)4-7)5-2-6(11)13-12-5/h2H,3-4,11H2,1H3. The minimum absolute atomic E-state index is 0.173. The van der Waals surface area contributed by atoms with Gasteiger partial charge in [-0.1, -0.05) is 12.1 Å². The normalized spacial score (nSPS) is 23.9. The lowest BCUT2D eigenvalue weighted by molar-refractivity contribution is -0.122. The Kier molecular flexibility index (Phi) is 1.44. The van der Waals surface area contributed by atoms with Crippen molar-refractivity contribution in [1.29, 1.82) is 0 Å². The molecule has 13 heavy (non-hydrogen) atoms. The lowest BCUT2D eigenvalue weighted by atomic mass is 9.65. The molecule has 0 saturated heterocycles. The third-order valence-electron chi connectivity index (χ3n) is 2.44. The quantitative estimate of drug-likeness (QED) is 0.732. The number of alkyl halides is 2. The fraction of sp³-hybridized carbons (Fsp3) is 0.625. The number of rotatable bonds is 1. The molecule has 2 N–H and O–H groups in total. The number of hydrogen-bond acceptors (Lipinski definition) is 3. The van der Waals surface area contributed by atoms with Crippen LogP contribution in [0.15, 0.2) is 10.6 Å². The third kappa shape index (κ3) is 1.28. The number of nitrogens with zero attached hydrogens (tertiary/aromatic N) is 1. The summed E-state index contributed by atoms with van der Waals surface area (Å²) in [5.41, 5.74) is 5.26. The van der Waals surface area contributed by atoms with E-state index in [4.69, 9.17) is 5.73 Å². The van der Waals surface area contributed by atoms with E-state index in [0.29, 0.717) is 5.69 Å². The van der Waals surface area contributed by atoms with Gasteiger partial charge in [-0.3, -0.25) is 0 Å². The maximum Gasteiger partial charge on any atom is 0.250 e. The van der Waals surface area contributed by atoms with Crippen LogP contribution in [0.4, 0.5) is 14.7 Å². The fourth-order valence-electron chi connectivity index (χ4n) is 1.84. The summed E-state index contributed by atoms with van der Waals surface area (Å²) in [6, 6.07) is 1.51. The van der Waals surface area contributed by atoms with Crippen LogP contribution < -0.4 is 5.73 Å². The molecule has 1 heterocycles. The lowest BCUT2D eigenvalue weighted by Crippen LogP contribution is -2.47. The van der Waals surface area contributed by atoms with E-state index < -0.39 is 11.3 Å². The Morgan fingerprint density at radius 3 is 2.54 bits per heavy atom. The van der Waals surface area contributed by atoms with Crippen LogP contribution >= 0.6 is 0 Å². The van der Waals surface area contributed by atoms with Gasteiger partial charge in [-0.05, 0) is 0 Å². The van der Waals surface area contributed by atoms with Crippen molar-refractivity contribution in [3.63, 3.8) is 0 Å². The largest absolute Gasteiger partial charge is 0.368 e. The highest BCUT2D eigenvalue weighted by Crippen LogP contribution is 2.52. The summed E-state index contributed by atoms with van der Waals surface area (Å²) < 4.78 is 29.9. The number of halogens is 2. The Balaban J connectivity index is 2.20. The van der Waals surface area contributed by atoms with Gasteiger partial charge in [0.25, 0.3) is 0 Å². The van der Waals surface area contributed by atoms with E-state index in [2.05, 4.69) is 9.68 Å². The predicted molar refractivity (Wildman–Crippen MR) is 42.4 cm³/mol. The molecule has 3 nitrogen and oxygen atoms in total. The second-order valence-electron chi connectivity index (χ2n) is 3.88. The highest BCUT2D eigenvalue weighted by molar-refractivity contribution is 5.31. The smallest absolute Gasteiger partial charge is 0.250 e. The van der Waals surface area contributed by atoms with Crippen LogP contribution in [-0.4, -0.2) is 11.1 Å². The van der Waals surface area contributed by atoms with E-state index >= 15 is 0 Å². The molecule has 1 fully saturated rings. The number of hydrogen-bond donors (Lipinski definition) is 1. The molecule has 0 amide bonds. The summed E-state index contributed by atoms with van der Waals surface area (Å²) >= 11 is 0. The number of anilines is 1. The first-order valence-corrected chi connectivity index (χ1v) is 4.02. The van der Waals surface area contributed by atoms with Crippen LogP contribution in [0.2, 0.25) is 0 Å². The van der Waals surface area contributed by atoms with Crippen molar-refractivity contribution < 1.29 is 13.3 Å². The van der Waals surface area contributed by atoms with E-state index in [-0.39, 0.29) is 18.7 Å². The molecule has 0 spiro atoms. The Morgan fingerprint density at radius 1 is 1.54 bits per heavy atom. The molecular weight excluding hydrogens is 178 g/mol. The second kappa shape index (κ2) is 2.21. The molecular formula is C8H10F2N2O. The molecule has 0 aliphatic heterocycles. The number of nitrogens with two attached hydrogens (primary N) is 1. The van der Waals surface area contributed by atoms with Gasteiger partial charge in [-0.2, -0.15) is 0 Å². The monoisotopic (exact) mass is 188 g/mol. The topological polar surface area (TPSA) is 52.0 Å². The zero-order chi connectivity index (χ0) is 9.69. The van der Waals surface area contributed by atoms with Gasteiger partial charge in [-0.25, -0.2) is 8.78 Å². The Morgan fingerprint density at radius 2 is 2.15 bits per heavy atom. The molecule has 1 saturated carbocycles. The molecule has 1 aliphatic rings. The van der Waals surface area contributed by atoms with Gasteiger partial charge in [0.15, 0.2) is 0 Å². The lowest BCUT2D eigenvalue weighted by Gasteiger charge is -2.43. The summed E-state index contributed by atoms with van der Waals surface area (Å²) in [5.74, 6) is -2.38. The molecule has 0 radical (unpaired) electrons. The zero-order valence-corrected chi connectivity index (χ0v) is 7.18. The Labute approximate surface area is 73.9 Å². The molecule has 0 bridgehead atoms. The van der Waals surface area contributed by atoms with E-state index in [0.717, 1.165) is 0 Å². The summed E-state index contributed by atoms with van der Waals surface area (Å²) in [6.07, 6.45) is -0.349. The van der Waals surface area contributed by atoms with Crippen molar-refractivity contribution in [2.24, 2.45) is 0 Å². The third-order valence-corrected chi connectivity index (χ3v) is 2.44. The van der Waals surface area contributed by atoms with Gasteiger partial charge in [0.05, 0.1) is 5.69 Å². The number of nitrogen functional groups attached to an aromatic ring is 1. The molecule has 2 rings (SSSR count). The van der Waals surface area contributed by atoms with Crippen LogP contribution in [0.3, 0.4) is 0 Å². The first-order valence-electron chi connectivity index (χ1n) is 4.02. The van der Waals surface area contributed by atoms with E-state index in [1.807, 2.05) is 0 Å². The van der Waals surface area contributed by atoms with Crippen molar-refractivity contribution in [3.05, 3.63) is 11.8 Å². The first kappa shape index (κ1) is 8.47. The number of aromatic nitrogens is 1. The van der Waals surface area contributed by atoms with Gasteiger partial charge >= 0.3 is 0 Å². The van der Waals surface area contributed by atoms with Gasteiger partial charge in [0, 0.05) is 24.3 Å². The average Bonchev–Trinajstić information content (AvgIpc) is 2.31. The summed E-state index contributed by atoms with van der Waals surface area (Å²) in [5, 5.41) is 3.64. The molecule has 0 unspecified atom stereocenters. The first-order chi connectivity index (χ1) is 5.91. The van der Waals surface area contributed by atoms with E-state index in [1.165, 1.54) is 6.07 Å². The summed E-state index contributed by atoms with van der Waals surface area (Å²) in [7, 11) is 0. The molecule has 1 aliphatic carbocycles. The van der Waals surface area contributed by atoms with Crippen molar-refractivity contribution in [2.45, 2.75) is 31.1 Å². The van der Waals surface area contributed by atoms with Gasteiger partial charge in [0.2, 0.25) is 11.8 Å². The fourth-order valence-corrected chi connectivity index (χ4v) is 1.84. The van der Waals surface area contributed by atoms with Crippen molar-refractivity contribution in [3.8, 4) is 0 Å². The summed E-state index contributed by atoms with van der Waals surface area (Å²) in [4.78, 5) is 0. The van der Waals surface area contributed by atoms with Crippen LogP contribution in [0.5, 0.6) is 0 Å². The van der Waals surface area contributed by atoms with Crippen molar-refractivity contribution >= 4 is 5.88 Å². The summed E-state index contributed by atoms with van der Waals surface area (Å²) in [6.45, 7) is 1.74. The van der Waals surface area contributed by atoms with Crippen LogP contribution in [0.1, 0.15) is 25.5 Å². The molecule has 1 aromatic heterocycles. The average molecular weight is 188 g/mol. The highest BCUT2D eigenvalue weighted by atomic mass is 19.3. The predicted octanol–water partition coefficient (Wildman–Crippen LogP) is 1.94. The van der Waals surface area contributed by atoms with Crippen molar-refractivity contribution in [2.75, 3.05) is 5.73 Å². The van der Waals surface area contributed by atoms with Crippen LogP contribution in [-0.2, 0) is 5.41 Å². The molecule has 0 aromatic carbocycles. The Hall–Kier alpha value is -1.13. The Bertz CT molecular complexity index is 327. The SMILES string of the molecule is CC1(c2cc(N)on2)CC(F)(F)C1. The molecule has 0 atom stereocenters. The minimum Gasteiger partial charge on any atom is -0.368 e. The molecule has 72 valence electrons. The van der Waals surface area contributed by atoms with Crippen LogP contribution in [0, 0.1) is 0 Å². The zero-order valence-electron chi connectivity index (χ0n) is 7.18. The molecule has 1 aromatic rings. The highest BCUT2D eigenvalue weighted by Gasteiger charge is 2.55. The van der Waals surface area contributed by atoms with Gasteiger partial charge < -0.3 is 10.3 Å². The van der Waals surface area contributed by atoms with Crippen LogP contribution in [0.25, 0.3) is 0 Å². The maximum absolute atomic E-state index is 12.6. The van der Waals surface area contributed by atoms with E-state index in [9.17, 15) is 8.78 Å². The minimum atomic E-state index is -2.55. The van der Waals surface area contributed by atoms with E-state index in [1.54, 1.807) is 6.92 Å². The molecule has 5 heteroatoms. The van der Waals surface area contributed by atoms with Crippen molar-refractivity contribution in [1.82, 2.24) is 5.16 Å².